The van der Waals surface area contributed by atoms with Crippen molar-refractivity contribution in [3.63, 3.8) is 0 Å². The van der Waals surface area contributed by atoms with Crippen LogP contribution in [0.15, 0.2) is 33.9 Å². The SMILES string of the molecule is CCCCn1c(N)c(N(CC)C(=O)COc2ccc(C(=O)OC)cc2)c(=O)[nH]c1=O. The number of hydrogen-bond donors (Lipinski definition) is 2. The van der Waals surface area contributed by atoms with Gasteiger partial charge in [-0.05, 0) is 37.6 Å². The molecule has 3 N–H and O–H groups in total. The van der Waals surface area contributed by atoms with E-state index in [2.05, 4.69) is 9.72 Å². The summed E-state index contributed by atoms with van der Waals surface area (Å²) in [6.07, 6.45) is 1.53. The van der Waals surface area contributed by atoms with Gasteiger partial charge in [-0.25, -0.2) is 9.59 Å². The number of amides is 1. The largest absolute Gasteiger partial charge is 0.484 e. The molecule has 0 atom stereocenters. The topological polar surface area (TPSA) is 137 Å². The molecule has 0 saturated carbocycles. The number of esters is 1. The minimum Gasteiger partial charge on any atom is -0.484 e. The number of likely N-dealkylation sites (N-methyl/N-ethyl adjacent to an activating group) is 1. The normalized spacial score (nSPS) is 10.5. The summed E-state index contributed by atoms with van der Waals surface area (Å²) in [7, 11) is 1.28. The van der Waals surface area contributed by atoms with Gasteiger partial charge in [-0.1, -0.05) is 13.3 Å². The minimum absolute atomic E-state index is 0.0603. The maximum Gasteiger partial charge on any atom is 0.337 e. The Hall–Kier alpha value is -3.56. The van der Waals surface area contributed by atoms with Crippen molar-refractivity contribution in [1.29, 1.82) is 0 Å². The van der Waals surface area contributed by atoms with E-state index in [9.17, 15) is 19.2 Å². The van der Waals surface area contributed by atoms with Crippen LogP contribution in [0.1, 0.15) is 37.0 Å². The van der Waals surface area contributed by atoms with Gasteiger partial charge < -0.3 is 20.1 Å². The first kappa shape index (κ1) is 22.7. The number of methoxy groups -OCH3 is 1. The van der Waals surface area contributed by atoms with E-state index in [-0.39, 0.29) is 24.7 Å². The predicted molar refractivity (Wildman–Crippen MR) is 112 cm³/mol. The first-order valence-corrected chi connectivity index (χ1v) is 9.58. The number of benzene rings is 1. The fourth-order valence-corrected chi connectivity index (χ4v) is 2.86. The smallest absolute Gasteiger partial charge is 0.337 e. The van der Waals surface area contributed by atoms with Gasteiger partial charge in [0.05, 0.1) is 12.7 Å². The molecule has 0 radical (unpaired) electrons. The van der Waals surface area contributed by atoms with Gasteiger partial charge in [0, 0.05) is 13.1 Å². The number of aromatic amines is 1. The van der Waals surface area contributed by atoms with Crippen molar-refractivity contribution in [2.45, 2.75) is 33.2 Å². The lowest BCUT2D eigenvalue weighted by atomic mass is 10.2. The molecule has 162 valence electrons. The molecule has 0 aliphatic rings. The zero-order chi connectivity index (χ0) is 22.3. The van der Waals surface area contributed by atoms with Gasteiger partial charge in [-0.15, -0.1) is 0 Å². The second-order valence-electron chi connectivity index (χ2n) is 6.44. The number of H-pyrrole nitrogens is 1. The molecular formula is C20H26N4O6. The van der Waals surface area contributed by atoms with E-state index in [0.717, 1.165) is 6.42 Å². The van der Waals surface area contributed by atoms with E-state index < -0.39 is 23.1 Å². The number of unbranched alkanes of at least 4 members (excludes halogenated alkanes) is 1. The number of nitrogens with one attached hydrogen (secondary N) is 1. The molecule has 1 heterocycles. The molecule has 0 spiro atoms. The van der Waals surface area contributed by atoms with Crippen LogP contribution in [0, 0.1) is 0 Å². The van der Waals surface area contributed by atoms with Gasteiger partial charge in [0.1, 0.15) is 11.6 Å². The highest BCUT2D eigenvalue weighted by Crippen LogP contribution is 2.18. The van der Waals surface area contributed by atoms with Gasteiger partial charge in [0.15, 0.2) is 12.3 Å². The standard InChI is InChI=1S/C20H26N4O6/c1-4-6-11-24-17(21)16(18(26)22-20(24)28)23(5-2)15(25)12-30-14-9-7-13(8-10-14)19(27)29-3/h7-10H,4-6,11-12,21H2,1-3H3,(H,22,26,28). The summed E-state index contributed by atoms with van der Waals surface area (Å²) in [6.45, 7) is 3.77. The highest BCUT2D eigenvalue weighted by atomic mass is 16.5. The number of anilines is 2. The maximum atomic E-state index is 12.7. The quantitative estimate of drug-likeness (QED) is 0.583. The minimum atomic E-state index is -0.733. The van der Waals surface area contributed by atoms with Crippen LogP contribution in [-0.2, 0) is 16.1 Å². The second-order valence-corrected chi connectivity index (χ2v) is 6.44. The molecule has 30 heavy (non-hydrogen) atoms. The molecule has 0 aliphatic heterocycles. The fraction of sp³-hybridized carbons (Fsp3) is 0.400. The average Bonchev–Trinajstić information content (AvgIpc) is 2.74. The van der Waals surface area contributed by atoms with Crippen LogP contribution in [0.4, 0.5) is 11.5 Å². The van der Waals surface area contributed by atoms with Gasteiger partial charge in [0.25, 0.3) is 11.5 Å². The molecule has 10 heteroatoms. The summed E-state index contributed by atoms with van der Waals surface area (Å²) >= 11 is 0. The van der Waals surface area contributed by atoms with Crippen LogP contribution < -0.4 is 26.6 Å². The molecule has 0 aliphatic carbocycles. The van der Waals surface area contributed by atoms with Crippen LogP contribution >= 0.6 is 0 Å². The number of rotatable bonds is 9. The van der Waals surface area contributed by atoms with Crippen molar-refractivity contribution in [2.24, 2.45) is 0 Å². The molecule has 0 fully saturated rings. The van der Waals surface area contributed by atoms with Crippen LogP contribution in [0.25, 0.3) is 0 Å². The highest BCUT2D eigenvalue weighted by molar-refractivity contribution is 5.96. The molecule has 0 bridgehead atoms. The van der Waals surface area contributed by atoms with Gasteiger partial charge in [-0.3, -0.25) is 19.1 Å². The molecule has 2 rings (SSSR count). The fourth-order valence-electron chi connectivity index (χ4n) is 2.86. The third-order valence-electron chi connectivity index (χ3n) is 4.47. The first-order valence-electron chi connectivity index (χ1n) is 9.58. The summed E-state index contributed by atoms with van der Waals surface area (Å²) in [5.74, 6) is -0.688. The van der Waals surface area contributed by atoms with Gasteiger partial charge in [-0.2, -0.15) is 0 Å². The second kappa shape index (κ2) is 10.3. The van der Waals surface area contributed by atoms with E-state index in [1.807, 2.05) is 6.92 Å². The Bertz CT molecular complexity index is 1010. The van der Waals surface area contributed by atoms with E-state index in [4.69, 9.17) is 10.5 Å². The zero-order valence-corrected chi connectivity index (χ0v) is 17.3. The number of ether oxygens (including phenoxy) is 2. The number of nitrogen functional groups attached to an aromatic ring is 1. The number of aromatic nitrogens is 2. The third kappa shape index (κ3) is 5.07. The van der Waals surface area contributed by atoms with E-state index >= 15 is 0 Å². The Morgan fingerprint density at radius 2 is 1.83 bits per heavy atom. The number of nitrogens with two attached hydrogens (primary N) is 1. The molecule has 2 aromatic rings. The molecule has 0 unspecified atom stereocenters. The van der Waals surface area contributed by atoms with Crippen molar-refractivity contribution < 1.29 is 19.1 Å². The lowest BCUT2D eigenvalue weighted by Gasteiger charge is -2.23. The molecule has 10 nitrogen and oxygen atoms in total. The van der Waals surface area contributed by atoms with Crippen molar-refractivity contribution in [3.05, 3.63) is 50.7 Å². The third-order valence-corrected chi connectivity index (χ3v) is 4.47. The monoisotopic (exact) mass is 418 g/mol. The number of hydrogen-bond acceptors (Lipinski definition) is 7. The lowest BCUT2D eigenvalue weighted by molar-refractivity contribution is -0.120. The lowest BCUT2D eigenvalue weighted by Crippen LogP contribution is -2.42. The first-order chi connectivity index (χ1) is 14.3. The molecule has 1 amide bonds. The summed E-state index contributed by atoms with van der Waals surface area (Å²) in [5.41, 5.74) is 4.99. The van der Waals surface area contributed by atoms with E-state index in [1.54, 1.807) is 6.92 Å². The Labute approximate surface area is 173 Å². The van der Waals surface area contributed by atoms with Gasteiger partial charge >= 0.3 is 11.7 Å². The van der Waals surface area contributed by atoms with E-state index in [1.165, 1.54) is 40.8 Å². The Kier molecular flexibility index (Phi) is 7.79. The van der Waals surface area contributed by atoms with Crippen LogP contribution in [0.5, 0.6) is 5.75 Å². The Balaban J connectivity index is 2.21. The number of carbonyl (C=O) groups is 2. The Morgan fingerprint density at radius 3 is 2.40 bits per heavy atom. The van der Waals surface area contributed by atoms with Crippen molar-refractivity contribution in [2.75, 3.05) is 30.9 Å². The molecule has 0 saturated heterocycles. The van der Waals surface area contributed by atoms with Crippen molar-refractivity contribution in [1.82, 2.24) is 9.55 Å². The van der Waals surface area contributed by atoms with Gasteiger partial charge in [0.2, 0.25) is 0 Å². The predicted octanol–water partition coefficient (Wildman–Crippen LogP) is 1.14. The summed E-state index contributed by atoms with van der Waals surface area (Å²) in [6, 6.07) is 6.08. The summed E-state index contributed by atoms with van der Waals surface area (Å²) < 4.78 is 11.4. The maximum absolute atomic E-state index is 12.7. The summed E-state index contributed by atoms with van der Waals surface area (Å²) in [4.78, 5) is 52.0. The molecular weight excluding hydrogens is 392 g/mol. The summed E-state index contributed by atoms with van der Waals surface area (Å²) in [5, 5.41) is 0. The number of nitrogens with zero attached hydrogens (tertiary/aromatic N) is 2. The van der Waals surface area contributed by atoms with Crippen LogP contribution in [-0.4, -0.2) is 41.7 Å². The average molecular weight is 418 g/mol. The highest BCUT2D eigenvalue weighted by Gasteiger charge is 2.23. The Morgan fingerprint density at radius 1 is 1.17 bits per heavy atom. The van der Waals surface area contributed by atoms with Crippen LogP contribution in [0.2, 0.25) is 0 Å². The molecule has 1 aromatic carbocycles. The van der Waals surface area contributed by atoms with Crippen molar-refractivity contribution >= 4 is 23.4 Å². The van der Waals surface area contributed by atoms with E-state index in [0.29, 0.717) is 24.3 Å². The van der Waals surface area contributed by atoms with Crippen LogP contribution in [0.3, 0.4) is 0 Å². The number of carbonyl (C=O) groups excluding carboxylic acids is 2. The molecule has 1 aromatic heterocycles. The van der Waals surface area contributed by atoms with Crippen molar-refractivity contribution in [3.8, 4) is 5.75 Å². The zero-order valence-electron chi connectivity index (χ0n) is 17.3.